The van der Waals surface area contributed by atoms with Gasteiger partial charge in [-0.05, 0) is 24.3 Å². The highest BCUT2D eigenvalue weighted by molar-refractivity contribution is 5.93. The summed E-state index contributed by atoms with van der Waals surface area (Å²) in [5.74, 6) is 2.10. The SMILES string of the molecule is O=C(c1cc(-c2cccnc2)on1)N1CCN(c2ccc(N3CCOCC3)nn2)CC1. The standard InChI is InChI=1S/C21H23N7O3/c29-21(17-14-18(31-25-17)16-2-1-5-22-15-16)28-8-6-26(7-9-28)19-3-4-20(24-23-19)27-10-12-30-13-11-27/h1-5,14-15H,6-13H2. The fraction of sp³-hybridized carbons (Fsp3) is 0.381. The van der Waals surface area contributed by atoms with Crippen LogP contribution in [-0.4, -0.2) is 83.6 Å². The van der Waals surface area contributed by atoms with E-state index in [1.165, 1.54) is 0 Å². The molecule has 2 aliphatic heterocycles. The smallest absolute Gasteiger partial charge is 0.276 e. The van der Waals surface area contributed by atoms with Gasteiger partial charge in [0.05, 0.1) is 13.2 Å². The number of morpholine rings is 1. The molecule has 5 heterocycles. The van der Waals surface area contributed by atoms with Crippen LogP contribution in [0.25, 0.3) is 11.3 Å². The number of pyridine rings is 1. The van der Waals surface area contributed by atoms with E-state index in [0.29, 0.717) is 50.8 Å². The molecule has 3 aromatic heterocycles. The third-order valence-corrected chi connectivity index (χ3v) is 5.54. The van der Waals surface area contributed by atoms with Gasteiger partial charge in [0.2, 0.25) is 0 Å². The Bertz CT molecular complexity index is 1010. The number of aromatic nitrogens is 4. The summed E-state index contributed by atoms with van der Waals surface area (Å²) >= 11 is 0. The summed E-state index contributed by atoms with van der Waals surface area (Å²) in [6.45, 7) is 5.64. The van der Waals surface area contributed by atoms with Crippen molar-refractivity contribution in [1.82, 2.24) is 25.2 Å². The number of anilines is 2. The number of carbonyl (C=O) groups is 1. The minimum Gasteiger partial charge on any atom is -0.378 e. The molecule has 0 bridgehead atoms. The van der Waals surface area contributed by atoms with Crippen molar-refractivity contribution in [3.05, 3.63) is 48.4 Å². The Hall–Kier alpha value is -3.53. The molecule has 0 saturated carbocycles. The summed E-state index contributed by atoms with van der Waals surface area (Å²) < 4.78 is 10.7. The second-order valence-electron chi connectivity index (χ2n) is 7.45. The van der Waals surface area contributed by atoms with Crippen LogP contribution in [0, 0.1) is 0 Å². The molecule has 5 rings (SSSR count). The van der Waals surface area contributed by atoms with Gasteiger partial charge in [0.1, 0.15) is 0 Å². The monoisotopic (exact) mass is 421 g/mol. The van der Waals surface area contributed by atoms with Crippen LogP contribution in [0.1, 0.15) is 10.5 Å². The van der Waals surface area contributed by atoms with Gasteiger partial charge in [-0.2, -0.15) is 0 Å². The highest BCUT2D eigenvalue weighted by Gasteiger charge is 2.26. The molecule has 0 spiro atoms. The average molecular weight is 421 g/mol. The minimum absolute atomic E-state index is 0.132. The Morgan fingerprint density at radius 3 is 2.26 bits per heavy atom. The van der Waals surface area contributed by atoms with Gasteiger partial charge in [-0.25, -0.2) is 0 Å². The van der Waals surface area contributed by atoms with Crippen LogP contribution in [0.4, 0.5) is 11.6 Å². The summed E-state index contributed by atoms with van der Waals surface area (Å²) in [6.07, 6.45) is 3.37. The topological polar surface area (TPSA) is 101 Å². The van der Waals surface area contributed by atoms with Crippen LogP contribution < -0.4 is 9.80 Å². The molecule has 31 heavy (non-hydrogen) atoms. The number of hydrogen-bond acceptors (Lipinski definition) is 9. The number of piperazine rings is 1. The molecule has 0 N–H and O–H groups in total. The van der Waals surface area contributed by atoms with Crippen molar-refractivity contribution in [1.29, 1.82) is 0 Å². The molecule has 10 heteroatoms. The maximum atomic E-state index is 12.8. The van der Waals surface area contributed by atoms with Crippen molar-refractivity contribution in [2.24, 2.45) is 0 Å². The van der Waals surface area contributed by atoms with Crippen molar-refractivity contribution in [2.45, 2.75) is 0 Å². The molecule has 0 aliphatic carbocycles. The first kappa shape index (κ1) is 19.4. The predicted molar refractivity (Wildman–Crippen MR) is 113 cm³/mol. The Kier molecular flexibility index (Phi) is 5.44. The van der Waals surface area contributed by atoms with Crippen LogP contribution in [-0.2, 0) is 4.74 Å². The van der Waals surface area contributed by atoms with E-state index >= 15 is 0 Å². The maximum Gasteiger partial charge on any atom is 0.276 e. The second-order valence-corrected chi connectivity index (χ2v) is 7.45. The van der Waals surface area contributed by atoms with Crippen molar-refractivity contribution in [2.75, 3.05) is 62.3 Å². The number of ether oxygens (including phenoxy) is 1. The quantitative estimate of drug-likeness (QED) is 0.617. The Balaban J connectivity index is 1.18. The van der Waals surface area contributed by atoms with Crippen LogP contribution in [0.5, 0.6) is 0 Å². The molecule has 2 fully saturated rings. The zero-order valence-corrected chi connectivity index (χ0v) is 17.1. The number of rotatable bonds is 4. The summed E-state index contributed by atoms with van der Waals surface area (Å²) in [7, 11) is 0. The lowest BCUT2D eigenvalue weighted by atomic mass is 10.2. The zero-order valence-electron chi connectivity index (χ0n) is 17.1. The van der Waals surface area contributed by atoms with E-state index in [-0.39, 0.29) is 5.91 Å². The van der Waals surface area contributed by atoms with Crippen LogP contribution in [0.2, 0.25) is 0 Å². The van der Waals surface area contributed by atoms with E-state index in [1.54, 1.807) is 23.4 Å². The third-order valence-electron chi connectivity index (χ3n) is 5.54. The minimum atomic E-state index is -0.132. The summed E-state index contributed by atoms with van der Waals surface area (Å²) in [4.78, 5) is 23.0. The van der Waals surface area contributed by atoms with Crippen LogP contribution >= 0.6 is 0 Å². The number of carbonyl (C=O) groups excluding carboxylic acids is 1. The second kappa shape index (κ2) is 8.68. The lowest BCUT2D eigenvalue weighted by Gasteiger charge is -2.35. The highest BCUT2D eigenvalue weighted by atomic mass is 16.5. The average Bonchev–Trinajstić information content (AvgIpc) is 3.35. The van der Waals surface area contributed by atoms with Gasteiger partial charge < -0.3 is 24.0 Å². The Morgan fingerprint density at radius 2 is 1.61 bits per heavy atom. The van der Waals surface area contributed by atoms with Gasteiger partial charge in [0, 0.05) is 63.3 Å². The number of amides is 1. The molecule has 0 aromatic carbocycles. The molecular weight excluding hydrogens is 398 g/mol. The summed E-state index contributed by atoms with van der Waals surface area (Å²) in [5, 5.41) is 12.7. The molecular formula is C21H23N7O3. The van der Waals surface area contributed by atoms with E-state index in [9.17, 15) is 4.79 Å². The molecule has 1 amide bonds. The molecule has 3 aromatic rings. The highest BCUT2D eigenvalue weighted by Crippen LogP contribution is 2.21. The fourth-order valence-corrected chi connectivity index (χ4v) is 3.77. The predicted octanol–water partition coefficient (Wildman–Crippen LogP) is 1.33. The van der Waals surface area contributed by atoms with E-state index in [2.05, 4.69) is 30.1 Å². The Labute approximate surface area is 179 Å². The lowest BCUT2D eigenvalue weighted by Crippen LogP contribution is -2.49. The largest absolute Gasteiger partial charge is 0.378 e. The normalized spacial score (nSPS) is 17.1. The number of nitrogens with zero attached hydrogens (tertiary/aromatic N) is 7. The van der Waals surface area contributed by atoms with Gasteiger partial charge >= 0.3 is 0 Å². The first-order chi connectivity index (χ1) is 15.3. The van der Waals surface area contributed by atoms with Gasteiger partial charge in [-0.1, -0.05) is 5.16 Å². The van der Waals surface area contributed by atoms with E-state index < -0.39 is 0 Å². The zero-order chi connectivity index (χ0) is 21.0. The van der Waals surface area contributed by atoms with Crippen LogP contribution in [0.15, 0.2) is 47.2 Å². The molecule has 160 valence electrons. The molecule has 10 nitrogen and oxygen atoms in total. The third kappa shape index (κ3) is 4.19. The van der Waals surface area contributed by atoms with Crippen molar-refractivity contribution >= 4 is 17.5 Å². The Morgan fingerprint density at radius 1 is 0.903 bits per heavy atom. The molecule has 0 radical (unpaired) electrons. The van der Waals surface area contributed by atoms with E-state index in [0.717, 1.165) is 30.3 Å². The van der Waals surface area contributed by atoms with Crippen molar-refractivity contribution < 1.29 is 14.1 Å². The van der Waals surface area contributed by atoms with Gasteiger partial charge in [0.25, 0.3) is 5.91 Å². The number of hydrogen-bond donors (Lipinski definition) is 0. The van der Waals surface area contributed by atoms with Crippen molar-refractivity contribution in [3.63, 3.8) is 0 Å². The van der Waals surface area contributed by atoms with Gasteiger partial charge in [-0.3, -0.25) is 9.78 Å². The van der Waals surface area contributed by atoms with E-state index in [4.69, 9.17) is 9.26 Å². The fourth-order valence-electron chi connectivity index (χ4n) is 3.77. The van der Waals surface area contributed by atoms with E-state index in [1.807, 2.05) is 24.3 Å². The van der Waals surface area contributed by atoms with Gasteiger partial charge in [0.15, 0.2) is 23.1 Å². The molecule has 0 atom stereocenters. The van der Waals surface area contributed by atoms with Crippen molar-refractivity contribution in [3.8, 4) is 11.3 Å². The molecule has 2 saturated heterocycles. The summed E-state index contributed by atoms with van der Waals surface area (Å²) in [6, 6.07) is 9.34. The van der Waals surface area contributed by atoms with Gasteiger partial charge in [-0.15, -0.1) is 10.2 Å². The maximum absolute atomic E-state index is 12.8. The van der Waals surface area contributed by atoms with Crippen LogP contribution in [0.3, 0.4) is 0 Å². The summed E-state index contributed by atoms with van der Waals surface area (Å²) in [5.41, 5.74) is 1.10. The first-order valence-corrected chi connectivity index (χ1v) is 10.4. The lowest BCUT2D eigenvalue weighted by molar-refractivity contribution is 0.0736. The molecule has 0 unspecified atom stereocenters. The first-order valence-electron chi connectivity index (χ1n) is 10.4. The molecule has 2 aliphatic rings.